The zero-order valence-electron chi connectivity index (χ0n) is 11.8. The summed E-state index contributed by atoms with van der Waals surface area (Å²) in [6.45, 7) is 8.83. The zero-order valence-corrected chi connectivity index (χ0v) is 11.8. The van der Waals surface area contributed by atoms with E-state index in [4.69, 9.17) is 5.73 Å². The topological polar surface area (TPSA) is 43.8 Å². The average Bonchev–Trinajstić information content (AvgIpc) is 2.63. The summed E-state index contributed by atoms with van der Waals surface area (Å²) in [6, 6.07) is 6.74. The number of aromatic nitrogens is 2. The molecule has 2 atom stereocenters. The largest absolute Gasteiger partial charge is 0.369 e. The molecule has 2 rings (SSSR count). The molecule has 98 valence electrons. The monoisotopic (exact) mass is 245 g/mol. The lowest BCUT2D eigenvalue weighted by Gasteiger charge is -2.19. The van der Waals surface area contributed by atoms with E-state index in [9.17, 15) is 0 Å². The first-order chi connectivity index (χ1) is 8.52. The Bertz CT molecular complexity index is 542. The Hall–Kier alpha value is -1.51. The van der Waals surface area contributed by atoms with Crippen molar-refractivity contribution in [3.8, 4) is 0 Å². The minimum absolute atomic E-state index is 0.396. The van der Waals surface area contributed by atoms with Gasteiger partial charge in [-0.05, 0) is 43.9 Å². The van der Waals surface area contributed by atoms with Gasteiger partial charge in [-0.25, -0.2) is 4.98 Å². The highest BCUT2D eigenvalue weighted by Crippen LogP contribution is 2.27. The van der Waals surface area contributed by atoms with Gasteiger partial charge >= 0.3 is 0 Å². The molecular weight excluding hydrogens is 222 g/mol. The van der Waals surface area contributed by atoms with Crippen molar-refractivity contribution in [1.29, 1.82) is 0 Å². The molecule has 0 saturated carbocycles. The number of aryl methyl sites for hydroxylation is 1. The predicted octanol–water partition coefficient (Wildman–Crippen LogP) is 3.92. The second-order valence-corrected chi connectivity index (χ2v) is 5.43. The van der Waals surface area contributed by atoms with Gasteiger partial charge in [0.1, 0.15) is 0 Å². The maximum atomic E-state index is 6.07. The van der Waals surface area contributed by atoms with E-state index < -0.39 is 0 Å². The number of hydrogen-bond acceptors (Lipinski definition) is 2. The van der Waals surface area contributed by atoms with Crippen LogP contribution in [0.1, 0.15) is 45.2 Å². The van der Waals surface area contributed by atoms with Crippen molar-refractivity contribution in [2.24, 2.45) is 5.92 Å². The second-order valence-electron chi connectivity index (χ2n) is 5.43. The predicted molar refractivity (Wildman–Crippen MR) is 77.7 cm³/mol. The van der Waals surface area contributed by atoms with E-state index in [0.29, 0.717) is 17.9 Å². The average molecular weight is 245 g/mol. The molecule has 2 N–H and O–H groups in total. The van der Waals surface area contributed by atoms with E-state index in [1.807, 2.05) is 0 Å². The van der Waals surface area contributed by atoms with Crippen LogP contribution in [0.15, 0.2) is 18.2 Å². The summed E-state index contributed by atoms with van der Waals surface area (Å²) in [5.74, 6) is 1.34. The van der Waals surface area contributed by atoms with Gasteiger partial charge in [-0.2, -0.15) is 0 Å². The number of rotatable bonds is 4. The smallest absolute Gasteiger partial charge is 0.201 e. The van der Waals surface area contributed by atoms with Gasteiger partial charge in [0, 0.05) is 6.04 Å². The summed E-state index contributed by atoms with van der Waals surface area (Å²) in [7, 11) is 0. The Balaban J connectivity index is 2.40. The molecular formula is C15H23N3. The molecule has 0 aliphatic heterocycles. The summed E-state index contributed by atoms with van der Waals surface area (Å²) in [6.07, 6.45) is 2.34. The molecule has 2 unspecified atom stereocenters. The van der Waals surface area contributed by atoms with E-state index in [2.05, 4.69) is 55.4 Å². The molecule has 0 fully saturated rings. The van der Waals surface area contributed by atoms with Gasteiger partial charge in [-0.1, -0.05) is 26.3 Å². The summed E-state index contributed by atoms with van der Waals surface area (Å²) in [5, 5.41) is 0. The van der Waals surface area contributed by atoms with Crippen molar-refractivity contribution in [3.63, 3.8) is 0 Å². The van der Waals surface area contributed by atoms with Crippen LogP contribution in [0.25, 0.3) is 11.0 Å². The summed E-state index contributed by atoms with van der Waals surface area (Å²) in [5.41, 5.74) is 9.45. The Kier molecular flexibility index (Phi) is 3.60. The molecule has 3 nitrogen and oxygen atoms in total. The molecule has 1 aromatic carbocycles. The Morgan fingerprint density at radius 2 is 2.06 bits per heavy atom. The lowest BCUT2D eigenvalue weighted by molar-refractivity contribution is 0.407. The molecule has 1 heterocycles. The van der Waals surface area contributed by atoms with E-state index in [1.54, 1.807) is 0 Å². The zero-order chi connectivity index (χ0) is 13.3. The standard InChI is InChI=1S/C15H23N3/c1-5-10(2)8-12(4)18-14-7-6-11(3)9-13(14)17-15(18)16/h6-7,9-10,12H,5,8H2,1-4H3,(H2,16,17). The molecule has 18 heavy (non-hydrogen) atoms. The number of hydrogen-bond donors (Lipinski definition) is 1. The highest BCUT2D eigenvalue weighted by atomic mass is 15.2. The van der Waals surface area contributed by atoms with Gasteiger partial charge in [0.25, 0.3) is 0 Å². The fourth-order valence-corrected chi connectivity index (χ4v) is 2.55. The lowest BCUT2D eigenvalue weighted by Crippen LogP contribution is -2.11. The van der Waals surface area contributed by atoms with Gasteiger partial charge in [0.15, 0.2) is 0 Å². The highest BCUT2D eigenvalue weighted by Gasteiger charge is 2.15. The Labute approximate surface area is 109 Å². The lowest BCUT2D eigenvalue weighted by atomic mass is 10.00. The van der Waals surface area contributed by atoms with Crippen molar-refractivity contribution < 1.29 is 0 Å². The molecule has 0 aliphatic rings. The number of imidazole rings is 1. The van der Waals surface area contributed by atoms with Crippen molar-refractivity contribution in [3.05, 3.63) is 23.8 Å². The molecule has 0 spiro atoms. The number of anilines is 1. The Morgan fingerprint density at radius 1 is 1.33 bits per heavy atom. The van der Waals surface area contributed by atoms with E-state index >= 15 is 0 Å². The van der Waals surface area contributed by atoms with Crippen molar-refractivity contribution in [2.75, 3.05) is 5.73 Å². The number of nitrogens with zero attached hydrogens (tertiary/aromatic N) is 2. The molecule has 0 saturated heterocycles. The normalized spacial score (nSPS) is 14.9. The van der Waals surface area contributed by atoms with Gasteiger partial charge in [-0.15, -0.1) is 0 Å². The van der Waals surface area contributed by atoms with Crippen LogP contribution in [0.4, 0.5) is 5.95 Å². The van der Waals surface area contributed by atoms with Crippen LogP contribution in [0.3, 0.4) is 0 Å². The van der Waals surface area contributed by atoms with E-state index in [0.717, 1.165) is 17.5 Å². The Morgan fingerprint density at radius 3 is 2.72 bits per heavy atom. The van der Waals surface area contributed by atoms with Crippen molar-refractivity contribution in [2.45, 2.75) is 46.6 Å². The molecule has 0 amide bonds. The third-order valence-electron chi connectivity index (χ3n) is 3.75. The highest BCUT2D eigenvalue weighted by molar-refractivity contribution is 5.79. The van der Waals surface area contributed by atoms with Crippen LogP contribution in [0.5, 0.6) is 0 Å². The maximum absolute atomic E-state index is 6.07. The fraction of sp³-hybridized carbons (Fsp3) is 0.533. The third-order valence-corrected chi connectivity index (χ3v) is 3.75. The van der Waals surface area contributed by atoms with Crippen LogP contribution in [-0.2, 0) is 0 Å². The first-order valence-corrected chi connectivity index (χ1v) is 6.77. The summed E-state index contributed by atoms with van der Waals surface area (Å²) >= 11 is 0. The number of nitrogens with two attached hydrogens (primary N) is 1. The molecule has 2 aromatic rings. The van der Waals surface area contributed by atoms with Gasteiger partial charge in [0.2, 0.25) is 5.95 Å². The fourth-order valence-electron chi connectivity index (χ4n) is 2.55. The SMILES string of the molecule is CCC(C)CC(C)n1c(N)nc2cc(C)ccc21. The van der Waals surface area contributed by atoms with Crippen LogP contribution >= 0.6 is 0 Å². The number of benzene rings is 1. The minimum atomic E-state index is 0.396. The second kappa shape index (κ2) is 5.01. The summed E-state index contributed by atoms with van der Waals surface area (Å²) in [4.78, 5) is 4.47. The number of nitrogen functional groups attached to an aromatic ring is 1. The van der Waals surface area contributed by atoms with Crippen LogP contribution in [-0.4, -0.2) is 9.55 Å². The summed E-state index contributed by atoms with van der Waals surface area (Å²) < 4.78 is 2.17. The van der Waals surface area contributed by atoms with Crippen LogP contribution in [0, 0.1) is 12.8 Å². The molecule has 0 bridgehead atoms. The van der Waals surface area contributed by atoms with Crippen molar-refractivity contribution >= 4 is 17.0 Å². The number of fused-ring (bicyclic) bond motifs is 1. The first-order valence-electron chi connectivity index (χ1n) is 6.77. The molecule has 0 radical (unpaired) electrons. The van der Waals surface area contributed by atoms with Gasteiger partial charge < -0.3 is 10.3 Å². The van der Waals surface area contributed by atoms with Crippen LogP contribution < -0.4 is 5.73 Å². The van der Waals surface area contributed by atoms with Gasteiger partial charge in [-0.3, -0.25) is 0 Å². The van der Waals surface area contributed by atoms with Gasteiger partial charge in [0.05, 0.1) is 11.0 Å². The molecule has 1 aromatic heterocycles. The quantitative estimate of drug-likeness (QED) is 0.887. The first kappa shape index (κ1) is 12.9. The molecule has 0 aliphatic carbocycles. The maximum Gasteiger partial charge on any atom is 0.201 e. The van der Waals surface area contributed by atoms with Crippen LogP contribution in [0.2, 0.25) is 0 Å². The molecule has 3 heteroatoms. The minimum Gasteiger partial charge on any atom is -0.369 e. The van der Waals surface area contributed by atoms with E-state index in [1.165, 1.54) is 12.0 Å². The third kappa shape index (κ3) is 2.35. The van der Waals surface area contributed by atoms with E-state index in [-0.39, 0.29) is 0 Å². The van der Waals surface area contributed by atoms with Crippen molar-refractivity contribution in [1.82, 2.24) is 9.55 Å².